The van der Waals surface area contributed by atoms with Crippen molar-refractivity contribution in [1.29, 1.82) is 0 Å². The van der Waals surface area contributed by atoms with Gasteiger partial charge in [-0.15, -0.1) is 0 Å². The molecule has 96 valence electrons. The van der Waals surface area contributed by atoms with E-state index in [0.717, 1.165) is 12.1 Å². The van der Waals surface area contributed by atoms with Gasteiger partial charge in [0, 0.05) is 7.05 Å². The minimum atomic E-state index is -0.332. The second-order valence-electron chi connectivity index (χ2n) is 3.82. The van der Waals surface area contributed by atoms with Crippen LogP contribution in [0.25, 0.3) is 0 Å². The van der Waals surface area contributed by atoms with Gasteiger partial charge < -0.3 is 10.5 Å². The molecule has 6 heteroatoms. The van der Waals surface area contributed by atoms with Crippen molar-refractivity contribution in [3.05, 3.63) is 34.2 Å². The molecule has 4 nitrogen and oxygen atoms in total. The topological polar surface area (TPSA) is 53.1 Å². The number of halogens is 2. The molecule has 0 saturated heterocycles. The average molecular weight is 314 g/mol. The SMILES string of the molecule is CCc1nn(C)c(Oc2ccc(F)cc2Br)c1N. The molecule has 2 aromatic rings. The summed E-state index contributed by atoms with van der Waals surface area (Å²) < 4.78 is 20.7. The van der Waals surface area contributed by atoms with Gasteiger partial charge in [-0.2, -0.15) is 5.10 Å². The molecule has 2 rings (SSSR count). The highest BCUT2D eigenvalue weighted by Gasteiger charge is 2.15. The first-order valence-corrected chi connectivity index (χ1v) is 6.26. The molecule has 0 amide bonds. The number of benzene rings is 1. The second kappa shape index (κ2) is 4.97. The van der Waals surface area contributed by atoms with Gasteiger partial charge in [-0.05, 0) is 40.5 Å². The normalized spacial score (nSPS) is 10.7. The molecule has 1 heterocycles. The molecule has 0 aliphatic heterocycles. The maximum Gasteiger partial charge on any atom is 0.241 e. The van der Waals surface area contributed by atoms with E-state index in [1.54, 1.807) is 11.7 Å². The lowest BCUT2D eigenvalue weighted by Gasteiger charge is -2.08. The minimum Gasteiger partial charge on any atom is -0.436 e. The molecule has 0 fully saturated rings. The number of hydrogen-bond donors (Lipinski definition) is 1. The van der Waals surface area contributed by atoms with E-state index >= 15 is 0 Å². The van der Waals surface area contributed by atoms with Crippen molar-refractivity contribution < 1.29 is 9.13 Å². The quantitative estimate of drug-likeness (QED) is 0.946. The number of anilines is 1. The highest BCUT2D eigenvalue weighted by molar-refractivity contribution is 9.10. The van der Waals surface area contributed by atoms with Gasteiger partial charge in [0.2, 0.25) is 5.88 Å². The van der Waals surface area contributed by atoms with E-state index in [1.807, 2.05) is 6.92 Å². The summed E-state index contributed by atoms with van der Waals surface area (Å²) in [4.78, 5) is 0. The fourth-order valence-corrected chi connectivity index (χ4v) is 2.05. The summed E-state index contributed by atoms with van der Waals surface area (Å²) in [6, 6.07) is 4.20. The Morgan fingerprint density at radius 3 is 2.78 bits per heavy atom. The van der Waals surface area contributed by atoms with Crippen LogP contribution in [0.4, 0.5) is 10.1 Å². The Hall–Kier alpha value is -1.56. The first-order valence-electron chi connectivity index (χ1n) is 5.47. The molecule has 0 saturated carbocycles. The molecular weight excluding hydrogens is 301 g/mol. The maximum atomic E-state index is 13.0. The summed E-state index contributed by atoms with van der Waals surface area (Å²) in [6.45, 7) is 1.97. The molecule has 0 radical (unpaired) electrons. The van der Waals surface area contributed by atoms with Gasteiger partial charge in [-0.1, -0.05) is 6.92 Å². The number of nitrogens with two attached hydrogens (primary N) is 1. The van der Waals surface area contributed by atoms with Gasteiger partial charge in [0.15, 0.2) is 0 Å². The smallest absolute Gasteiger partial charge is 0.241 e. The third-order valence-electron chi connectivity index (χ3n) is 2.54. The van der Waals surface area contributed by atoms with Crippen LogP contribution in [0.2, 0.25) is 0 Å². The van der Waals surface area contributed by atoms with Crippen LogP contribution in [0.3, 0.4) is 0 Å². The molecule has 2 N–H and O–H groups in total. The van der Waals surface area contributed by atoms with E-state index in [1.165, 1.54) is 18.2 Å². The number of rotatable bonds is 3. The summed E-state index contributed by atoms with van der Waals surface area (Å²) in [6.07, 6.45) is 0.730. The molecule has 0 unspecified atom stereocenters. The highest BCUT2D eigenvalue weighted by atomic mass is 79.9. The zero-order chi connectivity index (χ0) is 13.3. The number of aromatic nitrogens is 2. The van der Waals surface area contributed by atoms with Crippen molar-refractivity contribution in [3.8, 4) is 11.6 Å². The molecule has 0 aliphatic carbocycles. The van der Waals surface area contributed by atoms with Crippen LogP contribution >= 0.6 is 15.9 Å². The van der Waals surface area contributed by atoms with Crippen LogP contribution in [0, 0.1) is 5.82 Å². The van der Waals surface area contributed by atoms with Crippen molar-refractivity contribution in [3.63, 3.8) is 0 Å². The van der Waals surface area contributed by atoms with Gasteiger partial charge >= 0.3 is 0 Å². The van der Waals surface area contributed by atoms with Crippen molar-refractivity contribution >= 4 is 21.6 Å². The summed E-state index contributed by atoms with van der Waals surface area (Å²) in [5, 5.41) is 4.25. The Balaban J connectivity index is 2.37. The van der Waals surface area contributed by atoms with Crippen LogP contribution in [-0.4, -0.2) is 9.78 Å². The van der Waals surface area contributed by atoms with E-state index in [2.05, 4.69) is 21.0 Å². The lowest BCUT2D eigenvalue weighted by molar-refractivity contribution is 0.429. The Morgan fingerprint density at radius 1 is 1.50 bits per heavy atom. The predicted molar refractivity (Wildman–Crippen MR) is 71.2 cm³/mol. The number of ether oxygens (including phenoxy) is 1. The Kier molecular flexibility index (Phi) is 3.56. The average Bonchev–Trinajstić information content (AvgIpc) is 2.59. The monoisotopic (exact) mass is 313 g/mol. The Bertz CT molecular complexity index is 583. The van der Waals surface area contributed by atoms with E-state index < -0.39 is 0 Å². The molecule has 0 bridgehead atoms. The van der Waals surface area contributed by atoms with E-state index in [4.69, 9.17) is 10.5 Å². The molecule has 0 spiro atoms. The number of aryl methyl sites for hydroxylation is 2. The predicted octanol–water partition coefficient (Wildman–Crippen LogP) is 3.26. The molecule has 0 atom stereocenters. The van der Waals surface area contributed by atoms with Crippen molar-refractivity contribution in [1.82, 2.24) is 9.78 Å². The fraction of sp³-hybridized carbons (Fsp3) is 0.250. The lowest BCUT2D eigenvalue weighted by Crippen LogP contribution is -1.97. The largest absolute Gasteiger partial charge is 0.436 e. The molecule has 1 aromatic heterocycles. The number of nitrogens with zero attached hydrogens (tertiary/aromatic N) is 2. The number of hydrogen-bond acceptors (Lipinski definition) is 3. The third kappa shape index (κ3) is 2.33. The van der Waals surface area contributed by atoms with Gasteiger partial charge in [0.25, 0.3) is 0 Å². The van der Waals surface area contributed by atoms with Gasteiger partial charge in [-0.25, -0.2) is 9.07 Å². The third-order valence-corrected chi connectivity index (χ3v) is 3.16. The molecule has 1 aromatic carbocycles. The molecule has 18 heavy (non-hydrogen) atoms. The molecular formula is C12H13BrFN3O. The second-order valence-corrected chi connectivity index (χ2v) is 4.67. The van der Waals surface area contributed by atoms with Crippen molar-refractivity contribution in [2.75, 3.05) is 5.73 Å². The Labute approximate surface area is 113 Å². The fourth-order valence-electron chi connectivity index (χ4n) is 1.62. The summed E-state index contributed by atoms with van der Waals surface area (Å²) in [5.74, 6) is 0.620. The molecule has 0 aliphatic rings. The van der Waals surface area contributed by atoms with Gasteiger partial charge in [0.1, 0.15) is 17.3 Å². The minimum absolute atomic E-state index is 0.332. The van der Waals surface area contributed by atoms with Crippen molar-refractivity contribution in [2.45, 2.75) is 13.3 Å². The lowest BCUT2D eigenvalue weighted by atomic mass is 10.3. The first-order chi connectivity index (χ1) is 8.52. The summed E-state index contributed by atoms with van der Waals surface area (Å²) >= 11 is 3.24. The van der Waals surface area contributed by atoms with Crippen LogP contribution in [0.1, 0.15) is 12.6 Å². The maximum absolute atomic E-state index is 13.0. The van der Waals surface area contributed by atoms with Crippen molar-refractivity contribution in [2.24, 2.45) is 7.05 Å². The van der Waals surface area contributed by atoms with Gasteiger partial charge in [0.05, 0.1) is 10.2 Å². The summed E-state index contributed by atoms with van der Waals surface area (Å²) in [5.41, 5.74) is 7.24. The van der Waals surface area contributed by atoms with Crippen LogP contribution in [0.5, 0.6) is 11.6 Å². The number of nitrogen functional groups attached to an aromatic ring is 1. The van der Waals surface area contributed by atoms with Gasteiger partial charge in [-0.3, -0.25) is 0 Å². The standard InChI is InChI=1S/C12H13BrFN3O/c1-3-9-11(15)12(17(2)16-9)18-10-5-4-7(14)6-8(10)13/h4-6H,3,15H2,1-2H3. The van der Waals surface area contributed by atoms with Crippen LogP contribution in [-0.2, 0) is 13.5 Å². The van der Waals surface area contributed by atoms with Crippen LogP contribution in [0.15, 0.2) is 22.7 Å². The Morgan fingerprint density at radius 2 is 2.22 bits per heavy atom. The van der Waals surface area contributed by atoms with Crippen LogP contribution < -0.4 is 10.5 Å². The zero-order valence-electron chi connectivity index (χ0n) is 10.1. The highest BCUT2D eigenvalue weighted by Crippen LogP contribution is 2.34. The summed E-state index contributed by atoms with van der Waals surface area (Å²) in [7, 11) is 1.75. The van der Waals surface area contributed by atoms with E-state index in [-0.39, 0.29) is 5.82 Å². The zero-order valence-corrected chi connectivity index (χ0v) is 11.7. The van der Waals surface area contributed by atoms with E-state index in [9.17, 15) is 4.39 Å². The van der Waals surface area contributed by atoms with E-state index in [0.29, 0.717) is 21.8 Å². The first kappa shape index (κ1) is 12.9.